The quantitative estimate of drug-likeness (QED) is 0.348. The van der Waals surface area contributed by atoms with Crippen LogP contribution in [0.5, 0.6) is 0 Å². The van der Waals surface area contributed by atoms with E-state index in [4.69, 9.17) is 4.74 Å². The monoisotopic (exact) mass is 529 g/mol. The van der Waals surface area contributed by atoms with Gasteiger partial charge in [0.05, 0.1) is 18.1 Å². The van der Waals surface area contributed by atoms with E-state index in [-0.39, 0.29) is 28.9 Å². The number of aliphatic hydroxyl groups is 1. The Balaban J connectivity index is 1.31. The van der Waals surface area contributed by atoms with Gasteiger partial charge in [-0.15, -0.1) is 0 Å². The molecule has 2 saturated heterocycles. The number of carbonyl (C=O) groups excluding carboxylic acids is 1. The number of aromatic nitrogens is 4. The maximum Gasteiger partial charge on any atom is 0.341 e. The molecule has 5 rings (SSSR count). The topological polar surface area (TPSA) is 163 Å². The van der Waals surface area contributed by atoms with Gasteiger partial charge in [-0.3, -0.25) is 19.5 Å². The lowest BCUT2D eigenvalue weighted by molar-refractivity contribution is -0.136. The first kappa shape index (κ1) is 25.2. The van der Waals surface area contributed by atoms with Crippen LogP contribution in [0.25, 0.3) is 16.2 Å². The summed E-state index contributed by atoms with van der Waals surface area (Å²) in [5.41, 5.74) is -0.0765. The molecule has 0 aliphatic carbocycles. The number of ether oxygens (including phenoxy) is 1. The maximum atomic E-state index is 12.9. The molecule has 13 nitrogen and oxygen atoms in total. The number of hydrogen-bond donors (Lipinski definition) is 3. The van der Waals surface area contributed by atoms with Crippen molar-refractivity contribution in [3.63, 3.8) is 0 Å². The zero-order chi connectivity index (χ0) is 26.3. The normalized spacial score (nSPS) is 19.2. The van der Waals surface area contributed by atoms with Gasteiger partial charge in [-0.25, -0.2) is 14.8 Å². The van der Waals surface area contributed by atoms with Crippen molar-refractivity contribution in [2.24, 2.45) is 5.92 Å². The summed E-state index contributed by atoms with van der Waals surface area (Å²) in [6, 6.07) is 1.75. The summed E-state index contributed by atoms with van der Waals surface area (Å²) in [6.45, 7) is 6.32. The maximum absolute atomic E-state index is 12.9. The number of anilines is 1. The number of carbonyl (C=O) groups is 2. The lowest BCUT2D eigenvalue weighted by Crippen LogP contribution is -2.58. The van der Waals surface area contributed by atoms with E-state index >= 15 is 0 Å². The van der Waals surface area contributed by atoms with Crippen molar-refractivity contribution in [2.75, 3.05) is 44.2 Å². The molecule has 3 aromatic heterocycles. The van der Waals surface area contributed by atoms with Crippen molar-refractivity contribution < 1.29 is 24.5 Å². The van der Waals surface area contributed by atoms with Crippen LogP contribution >= 0.6 is 11.5 Å². The molecule has 0 radical (unpaired) electrons. The van der Waals surface area contributed by atoms with E-state index in [9.17, 15) is 24.6 Å². The number of aliphatic hydroxyl groups excluding tert-OH is 1. The number of aryl methyl sites for hydroxylation is 1. The molecule has 2 fully saturated rings. The third kappa shape index (κ3) is 4.92. The molecule has 0 spiro atoms. The van der Waals surface area contributed by atoms with Gasteiger partial charge >= 0.3 is 5.97 Å². The number of nitrogens with zero attached hydrogens (tertiary/aromatic N) is 6. The van der Waals surface area contributed by atoms with E-state index in [2.05, 4.69) is 19.7 Å². The van der Waals surface area contributed by atoms with Gasteiger partial charge in [0, 0.05) is 63.3 Å². The van der Waals surface area contributed by atoms with Gasteiger partial charge < -0.3 is 24.7 Å². The Morgan fingerprint density at radius 3 is 2.78 bits per heavy atom. The van der Waals surface area contributed by atoms with Crippen molar-refractivity contribution in [3.05, 3.63) is 39.9 Å². The average Bonchev–Trinajstić information content (AvgIpc) is 3.36. The second-order valence-electron chi connectivity index (χ2n) is 9.24. The van der Waals surface area contributed by atoms with Crippen molar-refractivity contribution in [1.29, 1.82) is 0 Å². The van der Waals surface area contributed by atoms with Crippen LogP contribution in [-0.4, -0.2) is 97.6 Å². The summed E-state index contributed by atoms with van der Waals surface area (Å²) in [5, 5.41) is 23.9. The van der Waals surface area contributed by atoms with Crippen LogP contribution in [0.4, 0.5) is 5.82 Å². The van der Waals surface area contributed by atoms with Crippen molar-refractivity contribution in [3.8, 4) is 5.13 Å². The molecule has 37 heavy (non-hydrogen) atoms. The Kier molecular flexibility index (Phi) is 6.90. The fourth-order valence-corrected chi connectivity index (χ4v) is 5.17. The molecule has 0 bridgehead atoms. The van der Waals surface area contributed by atoms with Gasteiger partial charge in [0.25, 0.3) is 0 Å². The average molecular weight is 530 g/mol. The first-order chi connectivity index (χ1) is 17.7. The van der Waals surface area contributed by atoms with Crippen LogP contribution in [0.15, 0.2) is 23.4 Å². The highest BCUT2D eigenvalue weighted by Gasteiger charge is 2.35. The van der Waals surface area contributed by atoms with Crippen LogP contribution in [0.1, 0.15) is 22.8 Å². The predicted octanol–water partition coefficient (Wildman–Crippen LogP) is -0.165. The Hall–Kier alpha value is -3.46. The Morgan fingerprint density at radius 1 is 1.32 bits per heavy atom. The number of aromatic carboxylic acids is 1. The van der Waals surface area contributed by atoms with Crippen molar-refractivity contribution in [1.82, 2.24) is 29.1 Å². The largest absolute Gasteiger partial charge is 0.477 e. The van der Waals surface area contributed by atoms with Gasteiger partial charge in [0.1, 0.15) is 23.9 Å². The second-order valence-corrected chi connectivity index (χ2v) is 10.0. The van der Waals surface area contributed by atoms with Gasteiger partial charge in [-0.05, 0) is 18.6 Å². The third-order valence-corrected chi connectivity index (χ3v) is 7.41. The minimum Gasteiger partial charge on any atom is -0.477 e. The van der Waals surface area contributed by atoms with Crippen molar-refractivity contribution in [2.45, 2.75) is 26.2 Å². The minimum absolute atomic E-state index is 0.0115. The van der Waals surface area contributed by atoms with E-state index in [1.807, 2.05) is 4.90 Å². The smallest absolute Gasteiger partial charge is 0.341 e. The number of amides is 1. The number of nitrogens with one attached hydrogen (secondary N) is 1. The molecular weight excluding hydrogens is 502 g/mol. The van der Waals surface area contributed by atoms with Gasteiger partial charge in [-0.2, -0.15) is 4.37 Å². The summed E-state index contributed by atoms with van der Waals surface area (Å²) < 4.78 is 11.2. The van der Waals surface area contributed by atoms with Crippen LogP contribution < -0.4 is 15.6 Å². The van der Waals surface area contributed by atoms with E-state index in [0.717, 1.165) is 11.5 Å². The predicted molar refractivity (Wildman–Crippen MR) is 134 cm³/mol. The minimum atomic E-state index is -1.33. The zero-order valence-corrected chi connectivity index (χ0v) is 21.1. The van der Waals surface area contributed by atoms with E-state index in [1.165, 1.54) is 24.0 Å². The lowest BCUT2D eigenvalue weighted by Gasteiger charge is -2.43. The summed E-state index contributed by atoms with van der Waals surface area (Å²) >= 11 is 1.06. The molecule has 196 valence electrons. The van der Waals surface area contributed by atoms with Gasteiger partial charge in [0.15, 0.2) is 5.65 Å². The number of rotatable bonds is 7. The molecule has 1 amide bonds. The van der Waals surface area contributed by atoms with Crippen LogP contribution in [-0.2, 0) is 9.53 Å². The van der Waals surface area contributed by atoms with Crippen molar-refractivity contribution >= 4 is 40.3 Å². The molecule has 2 unspecified atom stereocenters. The van der Waals surface area contributed by atoms with Gasteiger partial charge in [-0.1, -0.05) is 0 Å². The molecular formula is C23H27N7O6S. The lowest BCUT2D eigenvalue weighted by atomic mass is 9.97. The number of carboxylic acid groups (broad SMARTS) is 1. The first-order valence-electron chi connectivity index (χ1n) is 11.8. The molecule has 3 aromatic rings. The second kappa shape index (κ2) is 10.1. The summed E-state index contributed by atoms with van der Waals surface area (Å²) in [5.74, 6) is -0.752. The van der Waals surface area contributed by atoms with Gasteiger partial charge in [0.2, 0.25) is 16.5 Å². The highest BCUT2D eigenvalue weighted by Crippen LogP contribution is 2.29. The SMILES string of the molecule is CC(=O)N1CCOC(CNC(O)C2CN(c3cc(C)c4c(=O)c(C(=O)O)cn(-c5ncns5)c4n3)C2)C1. The Morgan fingerprint density at radius 2 is 2.11 bits per heavy atom. The molecule has 2 atom stereocenters. The highest BCUT2D eigenvalue weighted by atomic mass is 32.1. The molecule has 2 aliphatic rings. The molecule has 5 heterocycles. The van der Waals surface area contributed by atoms with E-state index < -0.39 is 17.6 Å². The fraction of sp³-hybridized carbons (Fsp3) is 0.478. The fourth-order valence-electron chi connectivity index (χ4n) is 4.66. The molecule has 14 heteroatoms. The third-order valence-electron chi connectivity index (χ3n) is 6.75. The molecule has 3 N–H and O–H groups in total. The van der Waals surface area contributed by atoms with E-state index in [1.54, 1.807) is 17.9 Å². The molecule has 0 aromatic carbocycles. The summed E-state index contributed by atoms with van der Waals surface area (Å²) in [7, 11) is 0. The highest BCUT2D eigenvalue weighted by molar-refractivity contribution is 7.08. The number of morpholine rings is 1. The molecule has 0 saturated carbocycles. The molecule has 2 aliphatic heterocycles. The zero-order valence-electron chi connectivity index (χ0n) is 20.3. The number of hydrogen-bond acceptors (Lipinski definition) is 11. The van der Waals surface area contributed by atoms with Crippen LogP contribution in [0, 0.1) is 12.8 Å². The number of fused-ring (bicyclic) bond motifs is 1. The van der Waals surface area contributed by atoms with Crippen LogP contribution in [0.2, 0.25) is 0 Å². The van der Waals surface area contributed by atoms with E-state index in [0.29, 0.717) is 61.5 Å². The standard InChI is InChI=1S/C23H27N7O6S/c1-12-5-17(27-20-18(12)19(32)16(22(34)35)10-30(20)23-25-11-26-37-23)29-7-14(8-29)21(33)24-6-15-9-28(13(2)31)3-4-36-15/h5,10-11,14-15,21,24,33H,3-4,6-9H2,1-2H3,(H,34,35). The number of pyridine rings is 2. The summed E-state index contributed by atoms with van der Waals surface area (Å²) in [6.07, 6.45) is 1.65. The first-order valence-corrected chi connectivity index (χ1v) is 12.6. The summed E-state index contributed by atoms with van der Waals surface area (Å²) in [4.78, 5) is 48.8. The Bertz CT molecular complexity index is 1390. The Labute approximate surface area is 215 Å². The number of carboxylic acids is 1. The van der Waals surface area contributed by atoms with Crippen LogP contribution in [0.3, 0.4) is 0 Å².